The number of hydrogen-bond donors (Lipinski definition) is 1. The standard InChI is InChI=1S/C19H15Cl3N2O5/c20-18(21,22)11-28-17(27)29-12-24-15(25)19(23-16(24)26,13-7-3-1-4-8-13)14-9-5-2-6-10-14/h1-10H,11-12H2,(H,23,26). The lowest BCUT2D eigenvalue weighted by Crippen LogP contribution is -2.45. The Morgan fingerprint density at radius 1 is 0.931 bits per heavy atom. The number of ether oxygens (including phenoxy) is 2. The monoisotopic (exact) mass is 456 g/mol. The topological polar surface area (TPSA) is 84.9 Å². The highest BCUT2D eigenvalue weighted by Crippen LogP contribution is 2.36. The van der Waals surface area contributed by atoms with Crippen LogP contribution in [0.4, 0.5) is 9.59 Å². The average molecular weight is 458 g/mol. The molecule has 1 heterocycles. The first-order valence-corrected chi connectivity index (χ1v) is 9.49. The fourth-order valence-corrected chi connectivity index (χ4v) is 3.09. The van der Waals surface area contributed by atoms with E-state index in [9.17, 15) is 14.4 Å². The van der Waals surface area contributed by atoms with Crippen molar-refractivity contribution in [2.75, 3.05) is 13.3 Å². The first-order valence-electron chi connectivity index (χ1n) is 8.35. The number of rotatable bonds is 5. The predicted molar refractivity (Wildman–Crippen MR) is 107 cm³/mol. The van der Waals surface area contributed by atoms with Gasteiger partial charge in [0.05, 0.1) is 0 Å². The Balaban J connectivity index is 1.83. The molecule has 0 radical (unpaired) electrons. The van der Waals surface area contributed by atoms with Gasteiger partial charge >= 0.3 is 12.2 Å². The van der Waals surface area contributed by atoms with Crippen LogP contribution in [0, 0.1) is 0 Å². The molecule has 1 aliphatic rings. The van der Waals surface area contributed by atoms with Crippen molar-refractivity contribution < 1.29 is 23.9 Å². The zero-order chi connectivity index (χ0) is 21.1. The van der Waals surface area contributed by atoms with Gasteiger partial charge in [0.2, 0.25) is 3.79 Å². The van der Waals surface area contributed by atoms with Crippen molar-refractivity contribution in [1.29, 1.82) is 0 Å². The van der Waals surface area contributed by atoms with Crippen molar-refractivity contribution in [2.24, 2.45) is 0 Å². The third-order valence-corrected chi connectivity index (χ3v) is 4.51. The smallest absolute Gasteiger partial charge is 0.430 e. The van der Waals surface area contributed by atoms with E-state index in [-0.39, 0.29) is 0 Å². The number of urea groups is 1. The molecule has 0 atom stereocenters. The number of benzene rings is 2. The van der Waals surface area contributed by atoms with E-state index in [1.807, 2.05) is 0 Å². The Bertz CT molecular complexity index is 864. The highest BCUT2D eigenvalue weighted by Gasteiger charge is 2.54. The molecule has 0 aromatic heterocycles. The lowest BCUT2D eigenvalue weighted by Gasteiger charge is -2.27. The molecule has 0 spiro atoms. The number of alkyl halides is 3. The first kappa shape index (κ1) is 21.2. The number of amides is 3. The van der Waals surface area contributed by atoms with Gasteiger partial charge < -0.3 is 14.8 Å². The Morgan fingerprint density at radius 2 is 1.45 bits per heavy atom. The summed E-state index contributed by atoms with van der Waals surface area (Å²) in [6, 6.07) is 16.8. The minimum absolute atomic E-state index is 0.547. The van der Waals surface area contributed by atoms with E-state index in [0.29, 0.717) is 11.1 Å². The first-order chi connectivity index (χ1) is 13.7. The highest BCUT2D eigenvalue weighted by atomic mass is 35.6. The molecule has 1 N–H and O–H groups in total. The number of carbonyl (C=O) groups excluding carboxylic acids is 3. The summed E-state index contributed by atoms with van der Waals surface area (Å²) in [5.74, 6) is -0.603. The fraction of sp³-hybridized carbons (Fsp3) is 0.211. The minimum atomic E-state index is -1.81. The molecule has 7 nitrogen and oxygen atoms in total. The Kier molecular flexibility index (Phi) is 6.21. The van der Waals surface area contributed by atoms with Gasteiger partial charge in [0.1, 0.15) is 6.61 Å². The van der Waals surface area contributed by atoms with Crippen LogP contribution in [0.15, 0.2) is 60.7 Å². The Hall–Kier alpha value is -2.48. The van der Waals surface area contributed by atoms with Crippen LogP contribution in [-0.4, -0.2) is 40.1 Å². The van der Waals surface area contributed by atoms with Gasteiger partial charge in [0.15, 0.2) is 12.3 Å². The van der Waals surface area contributed by atoms with Crippen LogP contribution in [-0.2, 0) is 19.8 Å². The summed E-state index contributed by atoms with van der Waals surface area (Å²) in [5, 5.41) is 2.72. The number of hydrogen-bond acceptors (Lipinski definition) is 5. The summed E-state index contributed by atoms with van der Waals surface area (Å²) >= 11 is 16.5. The maximum atomic E-state index is 13.3. The van der Waals surface area contributed by atoms with Crippen LogP contribution in [0.3, 0.4) is 0 Å². The van der Waals surface area contributed by atoms with Crippen molar-refractivity contribution in [3.63, 3.8) is 0 Å². The maximum absolute atomic E-state index is 13.3. The summed E-state index contributed by atoms with van der Waals surface area (Å²) < 4.78 is 7.66. The van der Waals surface area contributed by atoms with Gasteiger partial charge in [0.25, 0.3) is 5.91 Å². The second-order valence-corrected chi connectivity index (χ2v) is 8.59. The second kappa shape index (κ2) is 8.49. The van der Waals surface area contributed by atoms with E-state index in [1.165, 1.54) is 0 Å². The number of halogens is 3. The number of carbonyl (C=O) groups is 3. The third-order valence-electron chi connectivity index (χ3n) is 4.18. The summed E-state index contributed by atoms with van der Waals surface area (Å²) in [6.45, 7) is -1.21. The van der Waals surface area contributed by atoms with E-state index in [4.69, 9.17) is 39.5 Å². The van der Waals surface area contributed by atoms with Crippen LogP contribution in [0.2, 0.25) is 0 Å². The maximum Gasteiger partial charge on any atom is 0.510 e. The lowest BCUT2D eigenvalue weighted by atomic mass is 9.83. The van der Waals surface area contributed by atoms with Gasteiger partial charge in [-0.25, -0.2) is 14.5 Å². The molecule has 10 heteroatoms. The molecule has 2 aromatic carbocycles. The summed E-state index contributed by atoms with van der Waals surface area (Å²) in [7, 11) is 0. The second-order valence-electron chi connectivity index (χ2n) is 6.07. The van der Waals surface area contributed by atoms with Crippen molar-refractivity contribution in [3.8, 4) is 0 Å². The quantitative estimate of drug-likeness (QED) is 0.417. The minimum Gasteiger partial charge on any atom is -0.430 e. The molecule has 0 aliphatic carbocycles. The molecule has 3 amide bonds. The van der Waals surface area contributed by atoms with Crippen molar-refractivity contribution in [3.05, 3.63) is 71.8 Å². The van der Waals surface area contributed by atoms with Gasteiger partial charge in [-0.1, -0.05) is 95.5 Å². The molecule has 2 aromatic rings. The molecule has 1 fully saturated rings. The number of imide groups is 1. The zero-order valence-corrected chi connectivity index (χ0v) is 17.1. The molecule has 0 saturated carbocycles. The zero-order valence-electron chi connectivity index (χ0n) is 14.8. The van der Waals surface area contributed by atoms with Crippen LogP contribution in [0.1, 0.15) is 11.1 Å². The molecule has 0 unspecified atom stereocenters. The fourth-order valence-electron chi connectivity index (χ4n) is 2.93. The molecule has 1 aliphatic heterocycles. The average Bonchev–Trinajstić information content (AvgIpc) is 2.96. The Morgan fingerprint density at radius 3 is 1.93 bits per heavy atom. The highest BCUT2D eigenvalue weighted by molar-refractivity contribution is 6.67. The van der Waals surface area contributed by atoms with Crippen LogP contribution in [0.5, 0.6) is 0 Å². The van der Waals surface area contributed by atoms with Gasteiger partial charge in [-0.05, 0) is 11.1 Å². The van der Waals surface area contributed by atoms with E-state index in [1.54, 1.807) is 60.7 Å². The van der Waals surface area contributed by atoms with Crippen LogP contribution >= 0.6 is 34.8 Å². The molecule has 29 heavy (non-hydrogen) atoms. The van der Waals surface area contributed by atoms with Gasteiger partial charge in [-0.3, -0.25) is 4.79 Å². The van der Waals surface area contributed by atoms with Crippen molar-refractivity contribution in [2.45, 2.75) is 9.33 Å². The van der Waals surface area contributed by atoms with Crippen LogP contribution in [0.25, 0.3) is 0 Å². The van der Waals surface area contributed by atoms with E-state index in [0.717, 1.165) is 4.90 Å². The van der Waals surface area contributed by atoms with E-state index >= 15 is 0 Å². The van der Waals surface area contributed by atoms with Crippen molar-refractivity contribution >= 4 is 52.9 Å². The number of nitrogens with zero attached hydrogens (tertiary/aromatic N) is 1. The van der Waals surface area contributed by atoms with Crippen LogP contribution < -0.4 is 5.32 Å². The molecule has 152 valence electrons. The van der Waals surface area contributed by atoms with Crippen molar-refractivity contribution in [1.82, 2.24) is 10.2 Å². The summed E-state index contributed by atoms with van der Waals surface area (Å²) in [6.07, 6.45) is -1.19. The summed E-state index contributed by atoms with van der Waals surface area (Å²) in [4.78, 5) is 38.3. The molecular weight excluding hydrogens is 443 g/mol. The largest absolute Gasteiger partial charge is 0.510 e. The van der Waals surface area contributed by atoms with E-state index in [2.05, 4.69) is 10.1 Å². The predicted octanol–water partition coefficient (Wildman–Crippen LogP) is 3.96. The lowest BCUT2D eigenvalue weighted by molar-refractivity contribution is -0.133. The normalized spacial score (nSPS) is 15.8. The van der Waals surface area contributed by atoms with Gasteiger partial charge in [-0.15, -0.1) is 0 Å². The van der Waals surface area contributed by atoms with Gasteiger partial charge in [-0.2, -0.15) is 0 Å². The van der Waals surface area contributed by atoms with Gasteiger partial charge in [0, 0.05) is 0 Å². The summed E-state index contributed by atoms with van der Waals surface area (Å²) in [5.41, 5.74) is -0.332. The molecule has 1 saturated heterocycles. The third kappa shape index (κ3) is 4.58. The number of nitrogens with one attached hydrogen (secondary N) is 1. The van der Waals surface area contributed by atoms with E-state index < -0.39 is 40.8 Å². The molecule has 3 rings (SSSR count). The Labute approximate surface area is 181 Å². The molecule has 0 bridgehead atoms. The SMILES string of the molecule is O=C(OCN1C(=O)NC(c2ccccc2)(c2ccccc2)C1=O)OCC(Cl)(Cl)Cl. The molecular formula is C19H15Cl3N2O5.